The third-order valence-corrected chi connectivity index (χ3v) is 4.10. The third-order valence-electron chi connectivity index (χ3n) is 4.10. The summed E-state index contributed by atoms with van der Waals surface area (Å²) in [5.41, 5.74) is 8.78. The Hall–Kier alpha value is -3.02. The summed E-state index contributed by atoms with van der Waals surface area (Å²) in [7, 11) is 0. The number of urea groups is 1. The van der Waals surface area contributed by atoms with Gasteiger partial charge in [-0.1, -0.05) is 32.0 Å². The number of rotatable bonds is 8. The predicted octanol–water partition coefficient (Wildman–Crippen LogP) is 3.52. The van der Waals surface area contributed by atoms with E-state index < -0.39 is 12.0 Å². The van der Waals surface area contributed by atoms with Crippen molar-refractivity contribution in [2.45, 2.75) is 33.2 Å². The summed E-state index contributed by atoms with van der Waals surface area (Å²) < 4.78 is 10.9. The zero-order valence-electron chi connectivity index (χ0n) is 16.0. The van der Waals surface area contributed by atoms with E-state index in [1.165, 1.54) is 11.1 Å². The lowest BCUT2D eigenvalue weighted by molar-refractivity contribution is 0.0450. The molecule has 2 amide bonds. The number of hydrogen-bond acceptors (Lipinski definition) is 4. The van der Waals surface area contributed by atoms with Gasteiger partial charge in [-0.3, -0.25) is 0 Å². The standard InChI is InChI=1S/C21H26N2O4/c1-14(2)19-9-8-18(12-15(19)3)26-10-11-27-20(24)17-6-4-16(5-7-17)13-23-21(22)25/h4-9,12,14H,10-11,13H2,1-3H3,(H3,22,23,25). The highest BCUT2D eigenvalue weighted by molar-refractivity contribution is 5.89. The first kappa shape index (κ1) is 20.3. The van der Waals surface area contributed by atoms with E-state index in [2.05, 4.69) is 32.2 Å². The topological polar surface area (TPSA) is 90.7 Å². The molecular formula is C21H26N2O4. The van der Waals surface area contributed by atoms with Crippen LogP contribution < -0.4 is 15.8 Å². The fourth-order valence-corrected chi connectivity index (χ4v) is 2.71. The zero-order chi connectivity index (χ0) is 19.8. The summed E-state index contributed by atoms with van der Waals surface area (Å²) in [5, 5.41) is 2.49. The number of carbonyl (C=O) groups excluding carboxylic acids is 2. The van der Waals surface area contributed by atoms with Crippen molar-refractivity contribution < 1.29 is 19.1 Å². The van der Waals surface area contributed by atoms with E-state index >= 15 is 0 Å². The lowest BCUT2D eigenvalue weighted by Crippen LogP contribution is -2.28. The normalized spacial score (nSPS) is 10.5. The van der Waals surface area contributed by atoms with E-state index in [-0.39, 0.29) is 13.2 Å². The highest BCUT2D eigenvalue weighted by atomic mass is 16.6. The second kappa shape index (κ2) is 9.62. The molecule has 6 heteroatoms. The van der Waals surface area contributed by atoms with Crippen molar-refractivity contribution in [3.63, 3.8) is 0 Å². The van der Waals surface area contributed by atoms with Crippen LogP contribution in [0, 0.1) is 6.92 Å². The summed E-state index contributed by atoms with van der Waals surface area (Å²) in [6.07, 6.45) is 0. The van der Waals surface area contributed by atoms with E-state index in [0.29, 0.717) is 18.0 Å². The number of aryl methyl sites for hydroxylation is 1. The molecule has 0 aliphatic rings. The monoisotopic (exact) mass is 370 g/mol. The molecule has 6 nitrogen and oxygen atoms in total. The number of primary amides is 1. The molecular weight excluding hydrogens is 344 g/mol. The van der Waals surface area contributed by atoms with Gasteiger partial charge in [0.15, 0.2) is 0 Å². The van der Waals surface area contributed by atoms with Crippen molar-refractivity contribution in [2.24, 2.45) is 5.73 Å². The quantitative estimate of drug-likeness (QED) is 0.549. The van der Waals surface area contributed by atoms with Crippen molar-refractivity contribution in [2.75, 3.05) is 13.2 Å². The number of ether oxygens (including phenoxy) is 2. The lowest BCUT2D eigenvalue weighted by atomic mass is 9.98. The molecule has 0 spiro atoms. The molecule has 144 valence electrons. The summed E-state index contributed by atoms with van der Waals surface area (Å²) in [6.45, 7) is 7.13. The molecule has 2 aromatic rings. The number of amides is 2. The highest BCUT2D eigenvalue weighted by Crippen LogP contribution is 2.23. The van der Waals surface area contributed by atoms with Gasteiger partial charge in [0.25, 0.3) is 0 Å². The van der Waals surface area contributed by atoms with Crippen LogP contribution in [-0.2, 0) is 11.3 Å². The smallest absolute Gasteiger partial charge is 0.338 e. The Morgan fingerprint density at radius 3 is 2.37 bits per heavy atom. The van der Waals surface area contributed by atoms with Gasteiger partial charge >= 0.3 is 12.0 Å². The van der Waals surface area contributed by atoms with E-state index in [1.54, 1.807) is 24.3 Å². The van der Waals surface area contributed by atoms with Crippen molar-refractivity contribution >= 4 is 12.0 Å². The molecule has 2 rings (SSSR count). The van der Waals surface area contributed by atoms with Crippen molar-refractivity contribution in [1.82, 2.24) is 5.32 Å². The van der Waals surface area contributed by atoms with Crippen LogP contribution in [0.25, 0.3) is 0 Å². The Morgan fingerprint density at radius 1 is 1.07 bits per heavy atom. The zero-order valence-corrected chi connectivity index (χ0v) is 16.0. The Bertz CT molecular complexity index is 785. The van der Waals surface area contributed by atoms with Crippen LogP contribution in [0.3, 0.4) is 0 Å². The van der Waals surface area contributed by atoms with Gasteiger partial charge < -0.3 is 20.5 Å². The second-order valence-electron chi connectivity index (χ2n) is 6.57. The molecule has 0 fully saturated rings. The van der Waals surface area contributed by atoms with Gasteiger partial charge in [0, 0.05) is 6.54 Å². The number of carbonyl (C=O) groups is 2. The molecule has 0 bridgehead atoms. The molecule has 0 aliphatic carbocycles. The number of esters is 1. The van der Waals surface area contributed by atoms with Crippen molar-refractivity contribution in [3.05, 3.63) is 64.7 Å². The first-order chi connectivity index (χ1) is 12.9. The number of nitrogens with two attached hydrogens (primary N) is 1. The molecule has 0 heterocycles. The van der Waals surface area contributed by atoms with Gasteiger partial charge in [0.1, 0.15) is 19.0 Å². The van der Waals surface area contributed by atoms with Crippen molar-refractivity contribution in [1.29, 1.82) is 0 Å². The second-order valence-corrected chi connectivity index (χ2v) is 6.57. The number of hydrogen-bond donors (Lipinski definition) is 2. The molecule has 2 aromatic carbocycles. The average molecular weight is 370 g/mol. The van der Waals surface area contributed by atoms with Crippen LogP contribution in [-0.4, -0.2) is 25.2 Å². The molecule has 0 aromatic heterocycles. The fourth-order valence-electron chi connectivity index (χ4n) is 2.71. The van der Waals surface area contributed by atoms with E-state index in [9.17, 15) is 9.59 Å². The maximum absolute atomic E-state index is 12.0. The van der Waals surface area contributed by atoms with Gasteiger partial charge in [-0.05, 0) is 53.8 Å². The van der Waals surface area contributed by atoms with Crippen LogP contribution in [0.4, 0.5) is 4.79 Å². The van der Waals surface area contributed by atoms with Gasteiger partial charge in [0.2, 0.25) is 0 Å². The first-order valence-corrected chi connectivity index (χ1v) is 8.89. The Morgan fingerprint density at radius 2 is 1.78 bits per heavy atom. The summed E-state index contributed by atoms with van der Waals surface area (Å²) in [6, 6.07) is 12.2. The van der Waals surface area contributed by atoms with Crippen LogP contribution in [0.1, 0.15) is 46.8 Å². The first-order valence-electron chi connectivity index (χ1n) is 8.89. The molecule has 3 N–H and O–H groups in total. The molecule has 0 aliphatic heterocycles. The highest BCUT2D eigenvalue weighted by Gasteiger charge is 2.08. The van der Waals surface area contributed by atoms with E-state index in [1.807, 2.05) is 12.1 Å². The number of nitrogens with one attached hydrogen (secondary N) is 1. The lowest BCUT2D eigenvalue weighted by Gasteiger charge is -2.12. The fraction of sp³-hybridized carbons (Fsp3) is 0.333. The molecule has 0 radical (unpaired) electrons. The van der Waals surface area contributed by atoms with Crippen LogP contribution in [0.2, 0.25) is 0 Å². The molecule has 0 saturated carbocycles. The largest absolute Gasteiger partial charge is 0.490 e. The van der Waals surface area contributed by atoms with Crippen LogP contribution >= 0.6 is 0 Å². The van der Waals surface area contributed by atoms with Gasteiger partial charge in [0.05, 0.1) is 5.56 Å². The minimum atomic E-state index is -0.590. The molecule has 27 heavy (non-hydrogen) atoms. The molecule has 0 saturated heterocycles. The molecule has 0 atom stereocenters. The van der Waals surface area contributed by atoms with Gasteiger partial charge in [-0.15, -0.1) is 0 Å². The van der Waals surface area contributed by atoms with E-state index in [4.69, 9.17) is 15.2 Å². The minimum absolute atomic E-state index is 0.162. The minimum Gasteiger partial charge on any atom is -0.490 e. The Kier molecular flexibility index (Phi) is 7.23. The third kappa shape index (κ3) is 6.33. The van der Waals surface area contributed by atoms with E-state index in [0.717, 1.165) is 11.3 Å². The molecule has 0 unspecified atom stereocenters. The predicted molar refractivity (Wildman–Crippen MR) is 104 cm³/mol. The maximum atomic E-state index is 12.0. The average Bonchev–Trinajstić information content (AvgIpc) is 2.63. The van der Waals surface area contributed by atoms with Gasteiger partial charge in [-0.25, -0.2) is 9.59 Å². The summed E-state index contributed by atoms with van der Waals surface area (Å²) >= 11 is 0. The Labute approximate surface area is 159 Å². The summed E-state index contributed by atoms with van der Waals surface area (Å²) in [5.74, 6) is 0.816. The maximum Gasteiger partial charge on any atom is 0.338 e. The summed E-state index contributed by atoms with van der Waals surface area (Å²) in [4.78, 5) is 22.7. The number of benzene rings is 2. The van der Waals surface area contributed by atoms with Crippen molar-refractivity contribution in [3.8, 4) is 5.75 Å². The Balaban J connectivity index is 1.77. The van der Waals surface area contributed by atoms with Crippen LogP contribution in [0.15, 0.2) is 42.5 Å². The van der Waals surface area contributed by atoms with Crippen LogP contribution in [0.5, 0.6) is 5.75 Å². The van der Waals surface area contributed by atoms with Gasteiger partial charge in [-0.2, -0.15) is 0 Å². The SMILES string of the molecule is Cc1cc(OCCOC(=O)c2ccc(CNC(N)=O)cc2)ccc1C(C)C.